The average molecular weight is 369 g/mol. The Balaban J connectivity index is 2.01. The minimum absolute atomic E-state index is 0.0224. The van der Waals surface area contributed by atoms with E-state index in [1.807, 2.05) is 68.4 Å². The van der Waals surface area contributed by atoms with Crippen molar-refractivity contribution in [1.82, 2.24) is 0 Å². The summed E-state index contributed by atoms with van der Waals surface area (Å²) in [6, 6.07) is 16.9. The molecule has 3 heteroatoms. The van der Waals surface area contributed by atoms with E-state index in [0.29, 0.717) is 11.1 Å². The number of benzene rings is 2. The number of hydrogen-bond donors (Lipinski definition) is 0. The molecule has 27 heavy (non-hydrogen) atoms. The molecule has 0 atom stereocenters. The largest absolute Gasteiger partial charge is 0.289 e. The van der Waals surface area contributed by atoms with E-state index in [2.05, 4.69) is 20.8 Å². The van der Waals surface area contributed by atoms with Crippen molar-refractivity contribution in [2.45, 2.75) is 71.5 Å². The van der Waals surface area contributed by atoms with Crippen LogP contribution in [0.3, 0.4) is 0 Å². The van der Waals surface area contributed by atoms with Crippen molar-refractivity contribution in [3.63, 3.8) is 0 Å². The lowest BCUT2D eigenvalue weighted by atomic mass is 9.95. The van der Waals surface area contributed by atoms with Crippen LogP contribution in [-0.4, -0.2) is 11.4 Å². The molecule has 0 unspecified atom stereocenters. The molecule has 0 aliphatic carbocycles. The molecule has 146 valence electrons. The van der Waals surface area contributed by atoms with Crippen molar-refractivity contribution in [1.29, 1.82) is 0 Å². The number of hydrogen-bond acceptors (Lipinski definition) is 3. The van der Waals surface area contributed by atoms with E-state index < -0.39 is 5.60 Å². The molecule has 3 nitrogen and oxygen atoms in total. The molecule has 0 heterocycles. The summed E-state index contributed by atoms with van der Waals surface area (Å²) >= 11 is 0. The van der Waals surface area contributed by atoms with Gasteiger partial charge in [0.05, 0.1) is 5.60 Å². The van der Waals surface area contributed by atoms with Crippen molar-refractivity contribution < 1.29 is 14.6 Å². The minimum atomic E-state index is -0.601. The van der Waals surface area contributed by atoms with Gasteiger partial charge in [-0.15, -0.1) is 0 Å². The van der Waals surface area contributed by atoms with Crippen molar-refractivity contribution in [3.8, 4) is 0 Å². The van der Waals surface area contributed by atoms with Crippen LogP contribution in [0.4, 0.5) is 0 Å². The Bertz CT molecular complexity index is 715. The summed E-state index contributed by atoms with van der Waals surface area (Å²) in [5, 5.41) is 0. The Hall–Kier alpha value is -1.97. The normalized spacial score (nSPS) is 12.2. The van der Waals surface area contributed by atoms with Gasteiger partial charge in [0.15, 0.2) is 5.78 Å². The van der Waals surface area contributed by atoms with Gasteiger partial charge in [-0.05, 0) is 39.7 Å². The highest BCUT2D eigenvalue weighted by atomic mass is 17.2. The van der Waals surface area contributed by atoms with Crippen LogP contribution in [0.2, 0.25) is 0 Å². The molecular weight excluding hydrogens is 336 g/mol. The molecule has 0 saturated carbocycles. The first-order valence-corrected chi connectivity index (χ1v) is 9.82. The SMILES string of the molecule is CCCCCC(C)(C)OOC(C)(C)c1ccc(C(=O)c2ccccc2)cc1. The van der Waals surface area contributed by atoms with Crippen molar-refractivity contribution in [3.05, 3.63) is 71.3 Å². The molecule has 0 spiro atoms. The molecule has 2 aromatic rings. The smallest absolute Gasteiger partial charge is 0.193 e. The summed E-state index contributed by atoms with van der Waals surface area (Å²) in [4.78, 5) is 24.1. The van der Waals surface area contributed by atoms with Gasteiger partial charge in [0.25, 0.3) is 0 Å². The Kier molecular flexibility index (Phi) is 7.34. The lowest BCUT2D eigenvalue weighted by Crippen LogP contribution is -2.31. The van der Waals surface area contributed by atoms with Crippen molar-refractivity contribution >= 4 is 5.78 Å². The van der Waals surface area contributed by atoms with Gasteiger partial charge in [0.2, 0.25) is 0 Å². The number of carbonyl (C=O) groups excluding carboxylic acids is 1. The summed E-state index contributed by atoms with van der Waals surface area (Å²) < 4.78 is 0. The Morgan fingerprint density at radius 1 is 0.815 bits per heavy atom. The van der Waals surface area contributed by atoms with Crippen LogP contribution < -0.4 is 0 Å². The molecular formula is C24H32O3. The Morgan fingerprint density at radius 3 is 2.00 bits per heavy atom. The molecule has 0 fully saturated rings. The van der Waals surface area contributed by atoms with E-state index in [1.165, 1.54) is 12.8 Å². The zero-order valence-corrected chi connectivity index (χ0v) is 17.2. The van der Waals surface area contributed by atoms with Gasteiger partial charge >= 0.3 is 0 Å². The van der Waals surface area contributed by atoms with Gasteiger partial charge in [0.1, 0.15) is 5.60 Å². The highest BCUT2D eigenvalue weighted by molar-refractivity contribution is 6.08. The molecule has 0 amide bonds. The first-order valence-electron chi connectivity index (χ1n) is 9.82. The first-order chi connectivity index (χ1) is 12.7. The lowest BCUT2D eigenvalue weighted by molar-refractivity contribution is -0.406. The van der Waals surface area contributed by atoms with Gasteiger partial charge in [-0.3, -0.25) is 4.79 Å². The fourth-order valence-corrected chi connectivity index (χ4v) is 2.89. The van der Waals surface area contributed by atoms with Gasteiger partial charge in [-0.1, -0.05) is 80.8 Å². The zero-order valence-electron chi connectivity index (χ0n) is 17.2. The molecule has 2 aromatic carbocycles. The van der Waals surface area contributed by atoms with Crippen LogP contribution in [0.5, 0.6) is 0 Å². The molecule has 0 radical (unpaired) electrons. The number of ketones is 1. The predicted molar refractivity (Wildman–Crippen MR) is 110 cm³/mol. The second kappa shape index (κ2) is 9.29. The fourth-order valence-electron chi connectivity index (χ4n) is 2.89. The molecule has 0 aliphatic rings. The lowest BCUT2D eigenvalue weighted by Gasteiger charge is -2.31. The second-order valence-electron chi connectivity index (χ2n) is 8.17. The highest BCUT2D eigenvalue weighted by Crippen LogP contribution is 2.29. The van der Waals surface area contributed by atoms with Gasteiger partial charge in [-0.25, -0.2) is 9.78 Å². The van der Waals surface area contributed by atoms with Crippen molar-refractivity contribution in [2.24, 2.45) is 0 Å². The third-order valence-corrected chi connectivity index (χ3v) is 4.74. The topological polar surface area (TPSA) is 35.5 Å². The van der Waals surface area contributed by atoms with E-state index >= 15 is 0 Å². The summed E-state index contributed by atoms with van der Waals surface area (Å²) in [6.07, 6.45) is 4.48. The van der Waals surface area contributed by atoms with Crippen LogP contribution in [0.15, 0.2) is 54.6 Å². The molecule has 2 rings (SSSR count). The fraction of sp³-hybridized carbons (Fsp3) is 0.458. The number of rotatable bonds is 10. The monoisotopic (exact) mass is 368 g/mol. The third kappa shape index (κ3) is 6.30. The molecule has 0 aliphatic heterocycles. The average Bonchev–Trinajstić information content (AvgIpc) is 2.67. The quantitative estimate of drug-likeness (QED) is 0.209. The van der Waals surface area contributed by atoms with E-state index in [1.54, 1.807) is 0 Å². The summed E-state index contributed by atoms with van der Waals surface area (Å²) in [5.74, 6) is 0.0224. The zero-order chi connectivity index (χ0) is 19.9. The second-order valence-corrected chi connectivity index (χ2v) is 8.17. The Morgan fingerprint density at radius 2 is 1.41 bits per heavy atom. The predicted octanol–water partition coefficient (Wildman–Crippen LogP) is 6.46. The molecule has 0 saturated heterocycles. The van der Waals surface area contributed by atoms with E-state index in [9.17, 15) is 4.79 Å². The highest BCUT2D eigenvalue weighted by Gasteiger charge is 2.28. The minimum Gasteiger partial charge on any atom is -0.289 e. The van der Waals surface area contributed by atoms with Gasteiger partial charge in [0, 0.05) is 11.1 Å². The van der Waals surface area contributed by atoms with Crippen LogP contribution in [0, 0.1) is 0 Å². The van der Waals surface area contributed by atoms with Gasteiger partial charge < -0.3 is 0 Å². The molecule has 0 bridgehead atoms. The first kappa shape index (κ1) is 21.3. The van der Waals surface area contributed by atoms with Crippen LogP contribution in [0.25, 0.3) is 0 Å². The maximum Gasteiger partial charge on any atom is 0.193 e. The molecule has 0 aromatic heterocycles. The van der Waals surface area contributed by atoms with Crippen LogP contribution in [0.1, 0.15) is 81.8 Å². The number of carbonyl (C=O) groups is 1. The Labute approximate surface area is 163 Å². The summed E-state index contributed by atoms with van der Waals surface area (Å²) in [7, 11) is 0. The third-order valence-electron chi connectivity index (χ3n) is 4.74. The van der Waals surface area contributed by atoms with E-state index in [4.69, 9.17) is 9.78 Å². The van der Waals surface area contributed by atoms with Gasteiger partial charge in [-0.2, -0.15) is 0 Å². The van der Waals surface area contributed by atoms with Crippen molar-refractivity contribution in [2.75, 3.05) is 0 Å². The van der Waals surface area contributed by atoms with Crippen LogP contribution in [-0.2, 0) is 15.4 Å². The summed E-state index contributed by atoms with van der Waals surface area (Å²) in [6.45, 7) is 10.3. The molecule has 0 N–H and O–H groups in total. The van der Waals surface area contributed by atoms with Crippen LogP contribution >= 0.6 is 0 Å². The maximum atomic E-state index is 12.5. The van der Waals surface area contributed by atoms with E-state index in [-0.39, 0.29) is 11.4 Å². The number of unbranched alkanes of at least 4 members (excludes halogenated alkanes) is 2. The van der Waals surface area contributed by atoms with E-state index in [0.717, 1.165) is 18.4 Å². The maximum absolute atomic E-state index is 12.5. The summed E-state index contributed by atoms with van der Waals surface area (Å²) in [5.41, 5.74) is 1.40. The standard InChI is InChI=1S/C24H32O3/c1-6-7-11-18-23(2,3)26-27-24(4,5)21-16-14-20(15-17-21)22(25)19-12-9-8-10-13-19/h8-10,12-17H,6-7,11,18H2,1-5H3.